The Morgan fingerprint density at radius 2 is 2.15 bits per heavy atom. The molecule has 0 saturated carbocycles. The molecule has 2 aromatic rings. The smallest absolute Gasteiger partial charge is 0.335 e. The van der Waals surface area contributed by atoms with Gasteiger partial charge in [0.15, 0.2) is 0 Å². The fourth-order valence-electron chi connectivity index (χ4n) is 2.02. The normalized spacial score (nSPS) is 12.2. The van der Waals surface area contributed by atoms with Gasteiger partial charge in [-0.3, -0.25) is 0 Å². The SMILES string of the molecule is Cc1nc(C)c(C(C)Nc2cc(C(=O)O)ccc2F)s1. The number of anilines is 1. The molecular formula is C14H15FN2O2S. The van der Waals surface area contributed by atoms with Crippen LogP contribution < -0.4 is 5.32 Å². The molecule has 0 aliphatic carbocycles. The van der Waals surface area contributed by atoms with E-state index in [4.69, 9.17) is 5.11 Å². The van der Waals surface area contributed by atoms with Crippen LogP contribution in [0.5, 0.6) is 0 Å². The first-order valence-electron chi connectivity index (χ1n) is 6.11. The number of nitrogens with one attached hydrogen (secondary N) is 1. The molecule has 0 amide bonds. The van der Waals surface area contributed by atoms with E-state index >= 15 is 0 Å². The zero-order valence-electron chi connectivity index (χ0n) is 11.4. The molecular weight excluding hydrogens is 279 g/mol. The maximum atomic E-state index is 13.7. The van der Waals surface area contributed by atoms with Crippen molar-refractivity contribution in [2.45, 2.75) is 26.8 Å². The van der Waals surface area contributed by atoms with Gasteiger partial charge in [0.05, 0.1) is 28.0 Å². The molecule has 1 heterocycles. The lowest BCUT2D eigenvalue weighted by Gasteiger charge is -2.15. The molecule has 0 spiro atoms. The van der Waals surface area contributed by atoms with Crippen LogP contribution in [0.4, 0.5) is 10.1 Å². The van der Waals surface area contributed by atoms with E-state index in [9.17, 15) is 9.18 Å². The first kappa shape index (κ1) is 14.5. The first-order chi connectivity index (χ1) is 9.38. The predicted octanol–water partition coefficient (Wildman–Crippen LogP) is 3.77. The fourth-order valence-corrected chi connectivity index (χ4v) is 2.95. The van der Waals surface area contributed by atoms with Gasteiger partial charge < -0.3 is 10.4 Å². The molecule has 0 aliphatic rings. The number of benzene rings is 1. The lowest BCUT2D eigenvalue weighted by Crippen LogP contribution is -2.09. The topological polar surface area (TPSA) is 62.2 Å². The molecule has 4 nitrogen and oxygen atoms in total. The first-order valence-corrected chi connectivity index (χ1v) is 6.93. The maximum absolute atomic E-state index is 13.7. The number of hydrogen-bond acceptors (Lipinski definition) is 4. The average Bonchev–Trinajstić information content (AvgIpc) is 2.71. The van der Waals surface area contributed by atoms with Gasteiger partial charge in [0.25, 0.3) is 0 Å². The molecule has 0 radical (unpaired) electrons. The quantitative estimate of drug-likeness (QED) is 0.901. The summed E-state index contributed by atoms with van der Waals surface area (Å²) in [7, 11) is 0. The fraction of sp³-hybridized carbons (Fsp3) is 0.286. The Labute approximate surface area is 120 Å². The number of aryl methyl sites for hydroxylation is 2. The van der Waals surface area contributed by atoms with Crippen LogP contribution in [0, 0.1) is 19.7 Å². The number of halogens is 1. The van der Waals surface area contributed by atoms with E-state index in [1.165, 1.54) is 12.1 Å². The zero-order chi connectivity index (χ0) is 14.9. The Balaban J connectivity index is 2.27. The van der Waals surface area contributed by atoms with Crippen LogP contribution in [0.25, 0.3) is 0 Å². The number of rotatable bonds is 4. The minimum Gasteiger partial charge on any atom is -0.478 e. The minimum atomic E-state index is -1.08. The van der Waals surface area contributed by atoms with Gasteiger partial charge in [-0.15, -0.1) is 11.3 Å². The third-order valence-electron chi connectivity index (χ3n) is 2.92. The van der Waals surface area contributed by atoms with Gasteiger partial charge in [-0.1, -0.05) is 0 Å². The van der Waals surface area contributed by atoms with Crippen LogP contribution in [-0.4, -0.2) is 16.1 Å². The van der Waals surface area contributed by atoms with Crippen molar-refractivity contribution in [3.8, 4) is 0 Å². The van der Waals surface area contributed by atoms with Crippen molar-refractivity contribution >= 4 is 23.0 Å². The number of nitrogens with zero attached hydrogens (tertiary/aromatic N) is 1. The molecule has 0 bridgehead atoms. The van der Waals surface area contributed by atoms with Crippen molar-refractivity contribution in [2.24, 2.45) is 0 Å². The van der Waals surface area contributed by atoms with Crippen LogP contribution in [0.1, 0.15) is 38.9 Å². The second-order valence-electron chi connectivity index (χ2n) is 4.55. The Morgan fingerprint density at radius 3 is 2.70 bits per heavy atom. The summed E-state index contributed by atoms with van der Waals surface area (Å²) >= 11 is 1.55. The maximum Gasteiger partial charge on any atom is 0.335 e. The van der Waals surface area contributed by atoms with Gasteiger partial charge in [-0.25, -0.2) is 14.2 Å². The second-order valence-corrected chi connectivity index (χ2v) is 5.78. The standard InChI is InChI=1S/C14H15FN2O2S/c1-7-13(20-9(3)16-7)8(2)17-12-6-10(14(18)19)4-5-11(12)15/h4-6,8,17H,1-3H3,(H,18,19). The van der Waals surface area contributed by atoms with Crippen molar-refractivity contribution < 1.29 is 14.3 Å². The number of thiazole rings is 1. The van der Waals surface area contributed by atoms with Gasteiger partial charge in [-0.05, 0) is 39.0 Å². The molecule has 1 aromatic heterocycles. The Bertz CT molecular complexity index is 655. The number of carboxylic acid groups (broad SMARTS) is 1. The van der Waals surface area contributed by atoms with Gasteiger partial charge in [0.1, 0.15) is 5.82 Å². The summed E-state index contributed by atoms with van der Waals surface area (Å²) < 4.78 is 13.7. The highest BCUT2D eigenvalue weighted by atomic mass is 32.1. The van der Waals surface area contributed by atoms with E-state index in [0.29, 0.717) is 0 Å². The molecule has 6 heteroatoms. The Morgan fingerprint density at radius 1 is 1.45 bits per heavy atom. The van der Waals surface area contributed by atoms with Crippen LogP contribution >= 0.6 is 11.3 Å². The van der Waals surface area contributed by atoms with Crippen molar-refractivity contribution in [3.63, 3.8) is 0 Å². The number of hydrogen-bond donors (Lipinski definition) is 2. The molecule has 0 fully saturated rings. The van der Waals surface area contributed by atoms with Crippen LogP contribution in [0.3, 0.4) is 0 Å². The van der Waals surface area contributed by atoms with E-state index < -0.39 is 11.8 Å². The summed E-state index contributed by atoms with van der Waals surface area (Å²) in [6, 6.07) is 3.57. The van der Waals surface area contributed by atoms with Crippen molar-refractivity contribution in [1.29, 1.82) is 0 Å². The van der Waals surface area contributed by atoms with E-state index in [1.54, 1.807) is 11.3 Å². The van der Waals surface area contributed by atoms with E-state index in [2.05, 4.69) is 10.3 Å². The van der Waals surface area contributed by atoms with Crippen LogP contribution in [0.2, 0.25) is 0 Å². The largest absolute Gasteiger partial charge is 0.478 e. The lowest BCUT2D eigenvalue weighted by molar-refractivity contribution is 0.0697. The second kappa shape index (κ2) is 5.58. The Hall–Kier alpha value is -1.95. The highest BCUT2D eigenvalue weighted by molar-refractivity contribution is 7.11. The van der Waals surface area contributed by atoms with Crippen LogP contribution in [0.15, 0.2) is 18.2 Å². The molecule has 1 aromatic carbocycles. The van der Waals surface area contributed by atoms with Gasteiger partial charge >= 0.3 is 5.97 Å². The monoisotopic (exact) mass is 294 g/mol. The molecule has 1 unspecified atom stereocenters. The van der Waals surface area contributed by atoms with Crippen molar-refractivity contribution in [1.82, 2.24) is 4.98 Å². The molecule has 2 N–H and O–H groups in total. The van der Waals surface area contributed by atoms with E-state index in [1.807, 2.05) is 20.8 Å². The highest BCUT2D eigenvalue weighted by Crippen LogP contribution is 2.28. The van der Waals surface area contributed by atoms with Gasteiger partial charge in [0.2, 0.25) is 0 Å². The summed E-state index contributed by atoms with van der Waals surface area (Å²) in [6.07, 6.45) is 0. The van der Waals surface area contributed by atoms with Crippen LogP contribution in [-0.2, 0) is 0 Å². The predicted molar refractivity (Wildman–Crippen MR) is 77.0 cm³/mol. The molecule has 1 atom stereocenters. The molecule has 20 heavy (non-hydrogen) atoms. The molecule has 0 saturated heterocycles. The highest BCUT2D eigenvalue weighted by Gasteiger charge is 2.15. The summed E-state index contributed by atoms with van der Waals surface area (Å²) in [5.74, 6) is -1.55. The minimum absolute atomic E-state index is 0.0540. The summed E-state index contributed by atoms with van der Waals surface area (Å²) in [4.78, 5) is 16.3. The molecule has 0 aliphatic heterocycles. The summed E-state index contributed by atoms with van der Waals surface area (Å²) in [5.41, 5.74) is 1.14. The van der Waals surface area contributed by atoms with Crippen molar-refractivity contribution in [2.75, 3.05) is 5.32 Å². The summed E-state index contributed by atoms with van der Waals surface area (Å²) in [6.45, 7) is 5.72. The summed E-state index contributed by atoms with van der Waals surface area (Å²) in [5, 5.41) is 12.9. The third-order valence-corrected chi connectivity index (χ3v) is 4.17. The van der Waals surface area contributed by atoms with Crippen molar-refractivity contribution in [3.05, 3.63) is 45.2 Å². The third kappa shape index (κ3) is 2.96. The van der Waals surface area contributed by atoms with E-state index in [-0.39, 0.29) is 17.3 Å². The number of aromatic carboxylic acids is 1. The zero-order valence-corrected chi connectivity index (χ0v) is 12.2. The number of carboxylic acids is 1. The average molecular weight is 294 g/mol. The van der Waals surface area contributed by atoms with E-state index in [0.717, 1.165) is 21.6 Å². The Kier molecular flexibility index (Phi) is 4.04. The molecule has 2 rings (SSSR count). The number of carbonyl (C=O) groups is 1. The molecule has 106 valence electrons. The number of aromatic nitrogens is 1. The van der Waals surface area contributed by atoms with Gasteiger partial charge in [-0.2, -0.15) is 0 Å². The lowest BCUT2D eigenvalue weighted by atomic mass is 10.1. The van der Waals surface area contributed by atoms with Gasteiger partial charge in [0, 0.05) is 4.88 Å².